The highest BCUT2D eigenvalue weighted by molar-refractivity contribution is 7.10. The molecule has 2 aromatic heterocycles. The summed E-state index contributed by atoms with van der Waals surface area (Å²) in [6.45, 7) is 2.64. The van der Waals surface area contributed by atoms with E-state index >= 15 is 0 Å². The smallest absolute Gasteiger partial charge is 0.372 e. The minimum absolute atomic E-state index is 0.0222. The normalized spacial score (nSPS) is 12.5. The quantitative estimate of drug-likeness (QED) is 0.811. The molecule has 2 aromatic rings. The Balaban J connectivity index is 2.03. The summed E-state index contributed by atoms with van der Waals surface area (Å²) in [4.78, 5) is 12.2. The van der Waals surface area contributed by atoms with Crippen LogP contribution in [0.5, 0.6) is 0 Å². The van der Waals surface area contributed by atoms with Crippen molar-refractivity contribution in [2.75, 3.05) is 0 Å². The maximum Gasteiger partial charge on any atom is 0.372 e. The first-order valence-electron chi connectivity index (χ1n) is 6.28. The molecular formula is C14H17NO3S. The molecule has 0 bridgehead atoms. The van der Waals surface area contributed by atoms with Gasteiger partial charge in [0.25, 0.3) is 0 Å². The molecule has 0 aliphatic heterocycles. The fraction of sp³-hybridized carbons (Fsp3) is 0.357. The van der Waals surface area contributed by atoms with Gasteiger partial charge in [-0.2, -0.15) is 0 Å². The zero-order valence-electron chi connectivity index (χ0n) is 10.8. The Kier molecular flexibility index (Phi) is 4.76. The molecule has 2 heterocycles. The van der Waals surface area contributed by atoms with Gasteiger partial charge in [0.15, 0.2) is 0 Å². The summed E-state index contributed by atoms with van der Waals surface area (Å²) in [5, 5.41) is 14.5. The predicted molar refractivity (Wildman–Crippen MR) is 74.5 cm³/mol. The van der Waals surface area contributed by atoms with Gasteiger partial charge in [-0.1, -0.05) is 19.4 Å². The molecule has 1 atom stereocenters. The largest absolute Gasteiger partial charge is 0.475 e. The highest BCUT2D eigenvalue weighted by Gasteiger charge is 2.16. The second-order valence-corrected chi connectivity index (χ2v) is 5.30. The Morgan fingerprint density at radius 3 is 3.00 bits per heavy atom. The lowest BCUT2D eigenvalue weighted by Crippen LogP contribution is -2.20. The second kappa shape index (κ2) is 6.54. The standard InChI is InChI=1S/C14H17NO3S/c1-2-4-11(12-5-3-8-19-12)15-9-10-6-7-18-13(10)14(16)17/h3,5-8,11,15H,2,4,9H2,1H3,(H,16,17). The molecule has 0 radical (unpaired) electrons. The van der Waals surface area contributed by atoms with Crippen molar-refractivity contribution < 1.29 is 14.3 Å². The average Bonchev–Trinajstić information content (AvgIpc) is 3.05. The van der Waals surface area contributed by atoms with Crippen molar-refractivity contribution >= 4 is 17.3 Å². The van der Waals surface area contributed by atoms with Crippen LogP contribution in [0.2, 0.25) is 0 Å². The summed E-state index contributed by atoms with van der Waals surface area (Å²) < 4.78 is 4.97. The number of thiophene rings is 1. The van der Waals surface area contributed by atoms with Gasteiger partial charge in [-0.05, 0) is 23.9 Å². The second-order valence-electron chi connectivity index (χ2n) is 4.32. The topological polar surface area (TPSA) is 62.5 Å². The monoisotopic (exact) mass is 279 g/mol. The highest BCUT2D eigenvalue weighted by Crippen LogP contribution is 2.24. The molecule has 0 amide bonds. The molecule has 0 aromatic carbocycles. The summed E-state index contributed by atoms with van der Waals surface area (Å²) in [7, 11) is 0. The van der Waals surface area contributed by atoms with E-state index in [0.717, 1.165) is 12.8 Å². The number of carbonyl (C=O) groups is 1. The van der Waals surface area contributed by atoms with Gasteiger partial charge in [0.05, 0.1) is 6.26 Å². The van der Waals surface area contributed by atoms with Crippen molar-refractivity contribution in [3.8, 4) is 0 Å². The van der Waals surface area contributed by atoms with Gasteiger partial charge in [-0.3, -0.25) is 0 Å². The van der Waals surface area contributed by atoms with E-state index in [4.69, 9.17) is 9.52 Å². The van der Waals surface area contributed by atoms with Crippen LogP contribution in [0.25, 0.3) is 0 Å². The highest BCUT2D eigenvalue weighted by atomic mass is 32.1. The van der Waals surface area contributed by atoms with Crippen LogP contribution in [0.4, 0.5) is 0 Å². The fourth-order valence-electron chi connectivity index (χ4n) is 2.02. The molecular weight excluding hydrogens is 262 g/mol. The molecule has 2 rings (SSSR count). The van der Waals surface area contributed by atoms with E-state index in [1.807, 2.05) is 6.07 Å². The van der Waals surface area contributed by atoms with E-state index in [9.17, 15) is 4.79 Å². The molecule has 0 fully saturated rings. The van der Waals surface area contributed by atoms with Crippen LogP contribution in [-0.2, 0) is 6.54 Å². The lowest BCUT2D eigenvalue weighted by atomic mass is 10.1. The van der Waals surface area contributed by atoms with E-state index in [0.29, 0.717) is 12.1 Å². The lowest BCUT2D eigenvalue weighted by molar-refractivity contribution is 0.0660. The Bertz CT molecular complexity index is 519. The Morgan fingerprint density at radius 1 is 1.53 bits per heavy atom. The number of carboxylic acids is 1. The first kappa shape index (κ1) is 13.8. The van der Waals surface area contributed by atoms with Gasteiger partial charge in [-0.15, -0.1) is 11.3 Å². The molecule has 1 unspecified atom stereocenters. The van der Waals surface area contributed by atoms with Crippen molar-refractivity contribution in [3.63, 3.8) is 0 Å². The zero-order valence-corrected chi connectivity index (χ0v) is 11.6. The van der Waals surface area contributed by atoms with Crippen LogP contribution in [0.3, 0.4) is 0 Å². The van der Waals surface area contributed by atoms with Crippen LogP contribution in [0.15, 0.2) is 34.3 Å². The third-order valence-electron chi connectivity index (χ3n) is 2.94. The molecule has 0 spiro atoms. The molecule has 19 heavy (non-hydrogen) atoms. The van der Waals surface area contributed by atoms with Crippen molar-refractivity contribution in [3.05, 3.63) is 46.0 Å². The van der Waals surface area contributed by atoms with Crippen LogP contribution >= 0.6 is 11.3 Å². The van der Waals surface area contributed by atoms with Crippen LogP contribution in [-0.4, -0.2) is 11.1 Å². The molecule has 4 nitrogen and oxygen atoms in total. The number of hydrogen-bond donors (Lipinski definition) is 2. The maximum atomic E-state index is 11.0. The number of rotatable bonds is 7. The Hall–Kier alpha value is -1.59. The minimum Gasteiger partial charge on any atom is -0.475 e. The van der Waals surface area contributed by atoms with Crippen molar-refractivity contribution in [2.45, 2.75) is 32.4 Å². The number of nitrogens with one attached hydrogen (secondary N) is 1. The average molecular weight is 279 g/mol. The number of hydrogen-bond acceptors (Lipinski definition) is 4. The van der Waals surface area contributed by atoms with Gasteiger partial charge < -0.3 is 14.8 Å². The molecule has 0 saturated carbocycles. The molecule has 2 N–H and O–H groups in total. The molecule has 0 aliphatic rings. The van der Waals surface area contributed by atoms with E-state index in [-0.39, 0.29) is 11.8 Å². The van der Waals surface area contributed by atoms with Crippen molar-refractivity contribution in [1.29, 1.82) is 0 Å². The van der Waals surface area contributed by atoms with Crippen LogP contribution in [0, 0.1) is 0 Å². The van der Waals surface area contributed by atoms with Gasteiger partial charge in [0, 0.05) is 23.0 Å². The summed E-state index contributed by atoms with van der Waals surface area (Å²) in [6, 6.07) is 6.10. The summed E-state index contributed by atoms with van der Waals surface area (Å²) in [6.07, 6.45) is 3.52. The fourth-order valence-corrected chi connectivity index (χ4v) is 2.86. The Labute approximate surface area is 116 Å². The van der Waals surface area contributed by atoms with Crippen molar-refractivity contribution in [2.24, 2.45) is 0 Å². The van der Waals surface area contributed by atoms with E-state index in [2.05, 4.69) is 23.7 Å². The predicted octanol–water partition coefficient (Wildman–Crippen LogP) is 3.67. The molecule has 5 heteroatoms. The SMILES string of the molecule is CCCC(NCc1ccoc1C(=O)O)c1cccs1. The summed E-state index contributed by atoms with van der Waals surface area (Å²) in [5.41, 5.74) is 0.685. The van der Waals surface area contributed by atoms with Gasteiger partial charge in [0.1, 0.15) is 0 Å². The third kappa shape index (κ3) is 3.45. The van der Waals surface area contributed by atoms with Crippen molar-refractivity contribution in [1.82, 2.24) is 5.32 Å². The summed E-state index contributed by atoms with van der Waals surface area (Å²) >= 11 is 1.72. The first-order chi connectivity index (χ1) is 9.22. The maximum absolute atomic E-state index is 11.0. The zero-order chi connectivity index (χ0) is 13.7. The minimum atomic E-state index is -1.02. The van der Waals surface area contributed by atoms with Crippen LogP contribution in [0.1, 0.15) is 46.8 Å². The number of carboxylic acid groups (broad SMARTS) is 1. The van der Waals surface area contributed by atoms with Gasteiger partial charge >= 0.3 is 5.97 Å². The Morgan fingerprint density at radius 2 is 2.37 bits per heavy atom. The third-order valence-corrected chi connectivity index (χ3v) is 3.93. The molecule has 102 valence electrons. The first-order valence-corrected chi connectivity index (χ1v) is 7.16. The van der Waals surface area contributed by atoms with Crippen LogP contribution < -0.4 is 5.32 Å². The van der Waals surface area contributed by atoms with Gasteiger partial charge in [-0.25, -0.2) is 4.79 Å². The molecule has 0 aliphatic carbocycles. The van der Waals surface area contributed by atoms with E-state index in [1.54, 1.807) is 17.4 Å². The van der Waals surface area contributed by atoms with E-state index in [1.165, 1.54) is 11.1 Å². The summed E-state index contributed by atoms with van der Waals surface area (Å²) in [5.74, 6) is -1.00. The molecule has 0 saturated heterocycles. The van der Waals surface area contributed by atoms with E-state index < -0.39 is 5.97 Å². The number of furan rings is 1. The number of aromatic carboxylic acids is 1. The van der Waals surface area contributed by atoms with Gasteiger partial charge in [0.2, 0.25) is 5.76 Å². The lowest BCUT2D eigenvalue weighted by Gasteiger charge is -2.16.